The number of piperazine rings is 1. The van der Waals surface area contributed by atoms with Crippen molar-refractivity contribution in [3.8, 4) is 11.5 Å². The molecule has 180 valence electrons. The van der Waals surface area contributed by atoms with Crippen molar-refractivity contribution in [2.75, 3.05) is 62.8 Å². The van der Waals surface area contributed by atoms with Gasteiger partial charge >= 0.3 is 0 Å². The SMILES string of the molecule is CCOc1ccc2nc(N3CCCC(C(=O)N4CCN(c5ccc(OC)cc5)CC4)C3)sc2c1. The van der Waals surface area contributed by atoms with Crippen LogP contribution in [0.2, 0.25) is 0 Å². The second-order valence-corrected chi connectivity index (χ2v) is 9.86. The normalized spacial score (nSPS) is 18.9. The molecule has 0 radical (unpaired) electrons. The van der Waals surface area contributed by atoms with Gasteiger partial charge < -0.3 is 24.2 Å². The lowest BCUT2D eigenvalue weighted by Crippen LogP contribution is -2.52. The van der Waals surface area contributed by atoms with Gasteiger partial charge in [-0.15, -0.1) is 0 Å². The fourth-order valence-corrected chi connectivity index (χ4v) is 5.90. The average molecular weight is 481 g/mol. The van der Waals surface area contributed by atoms with E-state index in [0.717, 1.165) is 79.0 Å². The van der Waals surface area contributed by atoms with E-state index in [2.05, 4.69) is 32.9 Å². The highest BCUT2D eigenvalue weighted by molar-refractivity contribution is 7.22. The van der Waals surface area contributed by atoms with Crippen LogP contribution in [0.3, 0.4) is 0 Å². The molecule has 34 heavy (non-hydrogen) atoms. The summed E-state index contributed by atoms with van der Waals surface area (Å²) < 4.78 is 12.0. The van der Waals surface area contributed by atoms with E-state index >= 15 is 0 Å². The number of hydrogen-bond acceptors (Lipinski definition) is 7. The van der Waals surface area contributed by atoms with Crippen molar-refractivity contribution in [3.05, 3.63) is 42.5 Å². The number of hydrogen-bond donors (Lipinski definition) is 0. The number of nitrogens with zero attached hydrogens (tertiary/aromatic N) is 4. The van der Waals surface area contributed by atoms with E-state index in [0.29, 0.717) is 12.5 Å². The zero-order valence-electron chi connectivity index (χ0n) is 19.9. The molecular weight excluding hydrogens is 448 g/mol. The summed E-state index contributed by atoms with van der Waals surface area (Å²) in [5.74, 6) is 2.07. The van der Waals surface area contributed by atoms with Crippen LogP contribution in [0.15, 0.2) is 42.5 Å². The van der Waals surface area contributed by atoms with Crippen LogP contribution in [0, 0.1) is 5.92 Å². The molecule has 0 spiro atoms. The van der Waals surface area contributed by atoms with Gasteiger partial charge in [0.25, 0.3) is 0 Å². The molecule has 2 aromatic carbocycles. The van der Waals surface area contributed by atoms with E-state index in [4.69, 9.17) is 14.5 Å². The Labute approximate surface area is 204 Å². The number of methoxy groups -OCH3 is 1. The Bertz CT molecular complexity index is 1120. The first kappa shape index (κ1) is 22.8. The lowest BCUT2D eigenvalue weighted by molar-refractivity contribution is -0.136. The van der Waals surface area contributed by atoms with Crippen molar-refractivity contribution in [1.82, 2.24) is 9.88 Å². The highest BCUT2D eigenvalue weighted by Gasteiger charge is 2.32. The molecule has 1 amide bonds. The van der Waals surface area contributed by atoms with Gasteiger partial charge in [0.1, 0.15) is 11.5 Å². The van der Waals surface area contributed by atoms with Gasteiger partial charge in [-0.3, -0.25) is 4.79 Å². The van der Waals surface area contributed by atoms with Gasteiger partial charge in [0.15, 0.2) is 5.13 Å². The number of thiazole rings is 1. The van der Waals surface area contributed by atoms with Gasteiger partial charge in [-0.2, -0.15) is 0 Å². The molecule has 2 saturated heterocycles. The molecule has 0 saturated carbocycles. The molecule has 0 N–H and O–H groups in total. The summed E-state index contributed by atoms with van der Waals surface area (Å²) in [7, 11) is 1.68. The monoisotopic (exact) mass is 480 g/mol. The first-order valence-electron chi connectivity index (χ1n) is 12.1. The average Bonchev–Trinajstić information content (AvgIpc) is 3.32. The fraction of sp³-hybridized carbons (Fsp3) is 0.462. The molecule has 5 rings (SSSR count). The van der Waals surface area contributed by atoms with Crippen LogP contribution in [-0.2, 0) is 4.79 Å². The summed E-state index contributed by atoms with van der Waals surface area (Å²) in [5.41, 5.74) is 2.17. The van der Waals surface area contributed by atoms with Crippen LogP contribution >= 0.6 is 11.3 Å². The van der Waals surface area contributed by atoms with Crippen molar-refractivity contribution in [3.63, 3.8) is 0 Å². The number of piperidine rings is 1. The van der Waals surface area contributed by atoms with Gasteiger partial charge in [-0.05, 0) is 62.2 Å². The van der Waals surface area contributed by atoms with Crippen molar-refractivity contribution < 1.29 is 14.3 Å². The van der Waals surface area contributed by atoms with Gasteiger partial charge in [0.05, 0.1) is 29.9 Å². The Morgan fingerprint density at radius 1 is 1.03 bits per heavy atom. The van der Waals surface area contributed by atoms with Crippen molar-refractivity contribution >= 4 is 38.3 Å². The van der Waals surface area contributed by atoms with E-state index in [9.17, 15) is 4.79 Å². The van der Waals surface area contributed by atoms with E-state index in [-0.39, 0.29) is 5.92 Å². The van der Waals surface area contributed by atoms with Crippen LogP contribution in [-0.4, -0.2) is 68.8 Å². The minimum Gasteiger partial charge on any atom is -0.497 e. The molecule has 1 aromatic heterocycles. The first-order chi connectivity index (χ1) is 16.6. The molecule has 3 aromatic rings. The number of benzene rings is 2. The Kier molecular flexibility index (Phi) is 6.76. The summed E-state index contributed by atoms with van der Waals surface area (Å²) in [6, 6.07) is 14.2. The van der Waals surface area contributed by atoms with Crippen LogP contribution in [0.5, 0.6) is 11.5 Å². The minimum absolute atomic E-state index is 0.0345. The molecular formula is C26H32N4O3S. The minimum atomic E-state index is 0.0345. The standard InChI is InChI=1S/C26H32N4O3S/c1-3-33-22-10-11-23-24(17-22)34-26(27-23)30-12-4-5-19(18-30)25(31)29-15-13-28(14-16-29)20-6-8-21(32-2)9-7-20/h6-11,17,19H,3-5,12-16,18H2,1-2H3. The smallest absolute Gasteiger partial charge is 0.227 e. The maximum atomic E-state index is 13.4. The van der Waals surface area contributed by atoms with Gasteiger partial charge in [0.2, 0.25) is 5.91 Å². The molecule has 2 fully saturated rings. The van der Waals surface area contributed by atoms with Crippen molar-refractivity contribution in [1.29, 1.82) is 0 Å². The molecule has 3 heterocycles. The third kappa shape index (κ3) is 4.78. The summed E-state index contributed by atoms with van der Waals surface area (Å²) >= 11 is 1.69. The van der Waals surface area contributed by atoms with Crippen LogP contribution in [0.25, 0.3) is 10.2 Å². The molecule has 1 unspecified atom stereocenters. The van der Waals surface area contributed by atoms with Crippen LogP contribution in [0.1, 0.15) is 19.8 Å². The van der Waals surface area contributed by atoms with E-state index in [1.54, 1.807) is 18.4 Å². The third-order valence-corrected chi connectivity index (χ3v) is 7.81. The van der Waals surface area contributed by atoms with Gasteiger partial charge in [0, 0.05) is 45.0 Å². The van der Waals surface area contributed by atoms with Crippen LogP contribution in [0.4, 0.5) is 10.8 Å². The van der Waals surface area contributed by atoms with E-state index in [1.165, 1.54) is 5.69 Å². The fourth-order valence-electron chi connectivity index (χ4n) is 4.87. The van der Waals surface area contributed by atoms with Crippen molar-refractivity contribution in [2.24, 2.45) is 5.92 Å². The zero-order chi connectivity index (χ0) is 23.5. The maximum Gasteiger partial charge on any atom is 0.227 e. The lowest BCUT2D eigenvalue weighted by Gasteiger charge is -2.39. The van der Waals surface area contributed by atoms with E-state index in [1.807, 2.05) is 31.2 Å². The largest absolute Gasteiger partial charge is 0.497 e. The molecule has 0 bridgehead atoms. The molecule has 1 atom stereocenters. The highest BCUT2D eigenvalue weighted by atomic mass is 32.1. The summed E-state index contributed by atoms with van der Waals surface area (Å²) in [6.45, 7) is 7.59. The second-order valence-electron chi connectivity index (χ2n) is 8.85. The van der Waals surface area contributed by atoms with Gasteiger partial charge in [-0.1, -0.05) is 11.3 Å². The highest BCUT2D eigenvalue weighted by Crippen LogP contribution is 2.34. The Morgan fingerprint density at radius 2 is 1.79 bits per heavy atom. The number of aromatic nitrogens is 1. The molecule has 0 aliphatic carbocycles. The maximum absolute atomic E-state index is 13.4. The molecule has 2 aliphatic heterocycles. The summed E-state index contributed by atoms with van der Waals surface area (Å²) in [4.78, 5) is 24.9. The molecule has 7 nitrogen and oxygen atoms in total. The Morgan fingerprint density at radius 3 is 2.53 bits per heavy atom. The van der Waals surface area contributed by atoms with Crippen LogP contribution < -0.4 is 19.3 Å². The Balaban J connectivity index is 1.20. The van der Waals surface area contributed by atoms with Crippen molar-refractivity contribution in [2.45, 2.75) is 19.8 Å². The molecule has 8 heteroatoms. The Hall–Kier alpha value is -3.00. The number of carbonyl (C=O) groups excluding carboxylic acids is 1. The summed E-state index contributed by atoms with van der Waals surface area (Å²) in [5, 5.41) is 1.01. The third-order valence-electron chi connectivity index (χ3n) is 6.73. The second kappa shape index (κ2) is 10.1. The predicted octanol–water partition coefficient (Wildman–Crippen LogP) is 4.27. The summed E-state index contributed by atoms with van der Waals surface area (Å²) in [6.07, 6.45) is 1.97. The number of rotatable bonds is 6. The number of anilines is 2. The first-order valence-corrected chi connectivity index (χ1v) is 12.9. The quantitative estimate of drug-likeness (QED) is 0.525. The lowest BCUT2D eigenvalue weighted by atomic mass is 9.96. The number of ether oxygens (including phenoxy) is 2. The number of amides is 1. The number of carbonyl (C=O) groups is 1. The number of fused-ring (bicyclic) bond motifs is 1. The van der Waals surface area contributed by atoms with Gasteiger partial charge in [-0.25, -0.2) is 4.98 Å². The predicted molar refractivity (Wildman–Crippen MR) is 138 cm³/mol. The molecule has 2 aliphatic rings. The van der Waals surface area contributed by atoms with E-state index < -0.39 is 0 Å². The topological polar surface area (TPSA) is 58.1 Å². The zero-order valence-corrected chi connectivity index (χ0v) is 20.7.